The molecule has 0 radical (unpaired) electrons. The Balaban J connectivity index is 2.63. The summed E-state index contributed by atoms with van der Waals surface area (Å²) in [4.78, 5) is 2.30. The average molecular weight is 172 g/mol. The molecule has 12 heavy (non-hydrogen) atoms. The quantitative estimate of drug-likeness (QED) is 0.638. The Bertz CT molecular complexity index is 147. The lowest BCUT2D eigenvalue weighted by molar-refractivity contribution is 0.187. The Morgan fingerprint density at radius 1 is 1.67 bits per heavy atom. The molecule has 0 amide bonds. The van der Waals surface area contributed by atoms with Crippen molar-refractivity contribution in [2.24, 2.45) is 5.73 Å². The predicted molar refractivity (Wildman–Crippen MR) is 49.9 cm³/mol. The summed E-state index contributed by atoms with van der Waals surface area (Å²) in [6.45, 7) is 3.43. The predicted octanol–water partition coefficient (Wildman–Crippen LogP) is 0.180. The van der Waals surface area contributed by atoms with Gasteiger partial charge in [0.25, 0.3) is 0 Å². The number of likely N-dealkylation sites (N-methyl/N-ethyl adjacent to an activating group) is 1. The molecule has 3 nitrogen and oxygen atoms in total. The Kier molecular flexibility index (Phi) is 3.09. The highest BCUT2D eigenvalue weighted by atomic mass is 16.3. The van der Waals surface area contributed by atoms with E-state index in [4.69, 9.17) is 10.8 Å². The van der Waals surface area contributed by atoms with Gasteiger partial charge in [-0.15, -0.1) is 0 Å². The van der Waals surface area contributed by atoms with Crippen molar-refractivity contribution < 1.29 is 5.11 Å². The van der Waals surface area contributed by atoms with Crippen LogP contribution < -0.4 is 5.73 Å². The van der Waals surface area contributed by atoms with E-state index in [1.165, 1.54) is 0 Å². The van der Waals surface area contributed by atoms with E-state index in [-0.39, 0.29) is 12.1 Å². The van der Waals surface area contributed by atoms with Gasteiger partial charge in [-0.25, -0.2) is 0 Å². The van der Waals surface area contributed by atoms with Crippen molar-refractivity contribution in [2.75, 3.05) is 20.2 Å². The van der Waals surface area contributed by atoms with Crippen LogP contribution in [0.3, 0.4) is 0 Å². The molecule has 1 fully saturated rings. The molecule has 0 bridgehead atoms. The molecule has 1 rings (SSSR count). The largest absolute Gasteiger partial charge is 0.396 e. The van der Waals surface area contributed by atoms with Gasteiger partial charge in [-0.1, -0.05) is 6.92 Å². The van der Waals surface area contributed by atoms with Gasteiger partial charge in [0.2, 0.25) is 0 Å². The third-order valence-electron chi connectivity index (χ3n) is 3.09. The van der Waals surface area contributed by atoms with Gasteiger partial charge in [-0.3, -0.25) is 0 Å². The molecule has 0 saturated carbocycles. The van der Waals surface area contributed by atoms with Crippen molar-refractivity contribution in [2.45, 2.75) is 37.8 Å². The monoisotopic (exact) mass is 172 g/mol. The Labute approximate surface area is 74.5 Å². The number of hydrogen-bond donors (Lipinski definition) is 2. The zero-order valence-electron chi connectivity index (χ0n) is 8.08. The fourth-order valence-corrected chi connectivity index (χ4v) is 2.36. The summed E-state index contributed by atoms with van der Waals surface area (Å²) in [6, 6.07) is 0.449. The molecular weight excluding hydrogens is 152 g/mol. The SMILES string of the molecule is CCC1N(C)CCC1(N)CCO. The van der Waals surface area contributed by atoms with Crippen LogP contribution in [-0.4, -0.2) is 41.8 Å². The van der Waals surface area contributed by atoms with Crippen LogP contribution in [0, 0.1) is 0 Å². The molecule has 2 unspecified atom stereocenters. The molecular formula is C9H20N2O. The van der Waals surface area contributed by atoms with Gasteiger partial charge < -0.3 is 15.7 Å². The normalized spacial score (nSPS) is 37.5. The van der Waals surface area contributed by atoms with Gasteiger partial charge in [0, 0.05) is 24.7 Å². The summed E-state index contributed by atoms with van der Waals surface area (Å²) < 4.78 is 0. The van der Waals surface area contributed by atoms with Gasteiger partial charge in [0.1, 0.15) is 0 Å². The Hall–Kier alpha value is -0.120. The first-order valence-electron chi connectivity index (χ1n) is 4.74. The zero-order valence-corrected chi connectivity index (χ0v) is 8.08. The number of hydrogen-bond acceptors (Lipinski definition) is 3. The van der Waals surface area contributed by atoms with E-state index in [1.807, 2.05) is 0 Å². The van der Waals surface area contributed by atoms with Crippen LogP contribution in [0.1, 0.15) is 26.2 Å². The highest BCUT2D eigenvalue weighted by molar-refractivity contribution is 5.01. The number of rotatable bonds is 3. The molecule has 72 valence electrons. The van der Waals surface area contributed by atoms with E-state index < -0.39 is 0 Å². The van der Waals surface area contributed by atoms with Crippen molar-refractivity contribution in [1.82, 2.24) is 4.90 Å². The molecule has 0 aliphatic carbocycles. The summed E-state index contributed by atoms with van der Waals surface area (Å²) in [7, 11) is 2.11. The van der Waals surface area contributed by atoms with Crippen molar-refractivity contribution in [3.05, 3.63) is 0 Å². The summed E-state index contributed by atoms with van der Waals surface area (Å²) in [5.74, 6) is 0. The molecule has 1 aliphatic heterocycles. The minimum Gasteiger partial charge on any atom is -0.396 e. The Morgan fingerprint density at radius 2 is 2.33 bits per heavy atom. The average Bonchev–Trinajstić information content (AvgIpc) is 2.28. The van der Waals surface area contributed by atoms with Crippen LogP contribution >= 0.6 is 0 Å². The third-order valence-corrected chi connectivity index (χ3v) is 3.09. The van der Waals surface area contributed by atoms with E-state index in [9.17, 15) is 0 Å². The van der Waals surface area contributed by atoms with E-state index in [0.29, 0.717) is 6.04 Å². The van der Waals surface area contributed by atoms with Crippen LogP contribution in [-0.2, 0) is 0 Å². The van der Waals surface area contributed by atoms with E-state index >= 15 is 0 Å². The van der Waals surface area contributed by atoms with Crippen LogP contribution in [0.2, 0.25) is 0 Å². The van der Waals surface area contributed by atoms with Crippen molar-refractivity contribution in [3.63, 3.8) is 0 Å². The topological polar surface area (TPSA) is 49.5 Å². The van der Waals surface area contributed by atoms with E-state index in [2.05, 4.69) is 18.9 Å². The van der Waals surface area contributed by atoms with Crippen molar-refractivity contribution >= 4 is 0 Å². The molecule has 0 spiro atoms. The smallest absolute Gasteiger partial charge is 0.0449 e. The highest BCUT2D eigenvalue weighted by Crippen LogP contribution is 2.29. The van der Waals surface area contributed by atoms with Crippen LogP contribution in [0.15, 0.2) is 0 Å². The fraction of sp³-hybridized carbons (Fsp3) is 1.00. The van der Waals surface area contributed by atoms with Crippen LogP contribution in [0.5, 0.6) is 0 Å². The minimum absolute atomic E-state index is 0.141. The fourth-order valence-electron chi connectivity index (χ4n) is 2.36. The van der Waals surface area contributed by atoms with Gasteiger partial charge in [0.15, 0.2) is 0 Å². The molecule has 0 aromatic heterocycles. The first-order chi connectivity index (χ1) is 5.64. The number of aliphatic hydroxyl groups is 1. The molecule has 3 heteroatoms. The van der Waals surface area contributed by atoms with Crippen molar-refractivity contribution in [1.29, 1.82) is 0 Å². The summed E-state index contributed by atoms with van der Waals surface area (Å²) >= 11 is 0. The standard InChI is InChI=1S/C9H20N2O/c1-3-8-9(10,5-7-12)4-6-11(8)2/h8,12H,3-7,10H2,1-2H3. The van der Waals surface area contributed by atoms with Crippen LogP contribution in [0.25, 0.3) is 0 Å². The number of nitrogens with zero attached hydrogens (tertiary/aromatic N) is 1. The highest BCUT2D eigenvalue weighted by Gasteiger charge is 2.40. The lowest BCUT2D eigenvalue weighted by atomic mass is 9.87. The second kappa shape index (κ2) is 3.73. The number of aliphatic hydroxyl groups excluding tert-OH is 1. The maximum absolute atomic E-state index is 8.89. The first-order valence-corrected chi connectivity index (χ1v) is 4.74. The minimum atomic E-state index is -0.141. The molecule has 1 saturated heterocycles. The van der Waals surface area contributed by atoms with Gasteiger partial charge in [-0.2, -0.15) is 0 Å². The second-order valence-corrected chi connectivity index (χ2v) is 3.86. The van der Waals surface area contributed by atoms with Crippen LogP contribution in [0.4, 0.5) is 0 Å². The molecule has 1 heterocycles. The van der Waals surface area contributed by atoms with Crippen molar-refractivity contribution in [3.8, 4) is 0 Å². The van der Waals surface area contributed by atoms with E-state index in [0.717, 1.165) is 25.8 Å². The summed E-state index contributed by atoms with van der Waals surface area (Å²) in [5.41, 5.74) is 6.07. The third kappa shape index (κ3) is 1.63. The molecule has 3 N–H and O–H groups in total. The molecule has 0 aromatic rings. The zero-order chi connectivity index (χ0) is 9.19. The van der Waals surface area contributed by atoms with E-state index in [1.54, 1.807) is 0 Å². The lowest BCUT2D eigenvalue weighted by Gasteiger charge is -2.32. The number of likely N-dealkylation sites (tertiary alicyclic amines) is 1. The second-order valence-electron chi connectivity index (χ2n) is 3.86. The van der Waals surface area contributed by atoms with Gasteiger partial charge in [-0.05, 0) is 26.3 Å². The lowest BCUT2D eigenvalue weighted by Crippen LogP contribution is -2.51. The van der Waals surface area contributed by atoms with Gasteiger partial charge in [0.05, 0.1) is 0 Å². The summed E-state index contributed by atoms with van der Waals surface area (Å²) in [6.07, 6.45) is 2.82. The molecule has 0 aromatic carbocycles. The number of nitrogens with two attached hydrogens (primary N) is 1. The molecule has 2 atom stereocenters. The first kappa shape index (κ1) is 9.96. The maximum atomic E-state index is 8.89. The molecule has 1 aliphatic rings. The van der Waals surface area contributed by atoms with Gasteiger partial charge >= 0.3 is 0 Å². The Morgan fingerprint density at radius 3 is 2.83 bits per heavy atom. The maximum Gasteiger partial charge on any atom is 0.0449 e. The summed E-state index contributed by atoms with van der Waals surface area (Å²) in [5, 5.41) is 8.89.